The fraction of sp³-hybridized carbons (Fsp3) is 0.364. The van der Waals surface area contributed by atoms with Crippen LogP contribution in [0, 0.1) is 0 Å². The van der Waals surface area contributed by atoms with Gasteiger partial charge in [-0.05, 0) is 23.7 Å². The molecule has 0 aliphatic carbocycles. The van der Waals surface area contributed by atoms with Crippen molar-refractivity contribution < 1.29 is 36.2 Å². The van der Waals surface area contributed by atoms with Crippen molar-refractivity contribution in [2.45, 2.75) is 18.0 Å². The lowest BCUT2D eigenvalue weighted by Gasteiger charge is -2.30. The minimum absolute atomic E-state index is 0.0102. The van der Waals surface area contributed by atoms with E-state index in [1.54, 1.807) is 0 Å². The van der Waals surface area contributed by atoms with E-state index in [1.165, 1.54) is 7.05 Å². The topological polar surface area (TPSA) is 40.5 Å². The smallest absolute Gasteiger partial charge is 0.350 e. The maximum atomic E-state index is 13.5. The highest BCUT2D eigenvalue weighted by Crippen LogP contribution is 2.49. The summed E-state index contributed by atoms with van der Waals surface area (Å²) in [6, 6.07) is 2.55. The molecule has 0 bridgehead atoms. The SMILES string of the molecule is CN(C(=O)Cl)c1ccc(C(F)(F)C(O)(F)C(F)(F)F)cc1. The number of benzene rings is 1. The number of rotatable bonds is 3. The number of anilines is 1. The van der Waals surface area contributed by atoms with Crippen LogP contribution in [0.25, 0.3) is 0 Å². The maximum absolute atomic E-state index is 13.5. The number of carbonyl (C=O) groups excluding carboxylic acids is 1. The molecule has 21 heavy (non-hydrogen) atoms. The Balaban J connectivity index is 3.19. The standard InChI is InChI=1S/C11H8ClF6NO2/c1-19(8(12)20)7-4-2-6(3-5-7)9(13,14)10(15,21)11(16,17)18/h2-5,21H,1H3. The molecule has 0 aromatic heterocycles. The summed E-state index contributed by atoms with van der Waals surface area (Å²) in [5, 5.41) is 7.51. The molecule has 10 heteroatoms. The van der Waals surface area contributed by atoms with E-state index in [1.807, 2.05) is 0 Å². The summed E-state index contributed by atoms with van der Waals surface area (Å²) in [7, 11) is 1.18. The molecule has 118 valence electrons. The molecule has 0 aliphatic rings. The highest BCUT2D eigenvalue weighted by atomic mass is 35.5. The van der Waals surface area contributed by atoms with Gasteiger partial charge in [-0.25, -0.2) is 0 Å². The summed E-state index contributed by atoms with van der Waals surface area (Å²) in [5.41, 5.74) is -1.42. The third-order valence-electron chi connectivity index (χ3n) is 2.67. The number of alkyl halides is 6. The molecule has 0 spiro atoms. The third kappa shape index (κ3) is 3.08. The molecule has 1 atom stereocenters. The Bertz CT molecular complexity index is 529. The fourth-order valence-corrected chi connectivity index (χ4v) is 1.46. The van der Waals surface area contributed by atoms with E-state index < -0.39 is 28.9 Å². The van der Waals surface area contributed by atoms with Crippen LogP contribution < -0.4 is 4.90 Å². The van der Waals surface area contributed by atoms with Crippen molar-refractivity contribution in [1.82, 2.24) is 0 Å². The van der Waals surface area contributed by atoms with E-state index >= 15 is 0 Å². The first kappa shape index (κ1) is 17.6. The van der Waals surface area contributed by atoms with Crippen LogP contribution in [0.5, 0.6) is 0 Å². The minimum atomic E-state index is -6.18. The van der Waals surface area contributed by atoms with Crippen molar-refractivity contribution in [2.24, 2.45) is 0 Å². The zero-order valence-corrected chi connectivity index (χ0v) is 11.0. The molecule has 0 heterocycles. The fourth-order valence-electron chi connectivity index (χ4n) is 1.37. The van der Waals surface area contributed by atoms with Crippen LogP contribution in [-0.4, -0.2) is 29.6 Å². The number of amides is 1. The van der Waals surface area contributed by atoms with E-state index in [0.717, 1.165) is 17.0 Å². The van der Waals surface area contributed by atoms with Crippen LogP contribution in [0.2, 0.25) is 0 Å². The number of aliphatic hydroxyl groups is 1. The molecular formula is C11H8ClF6NO2. The largest absolute Gasteiger partial charge is 0.455 e. The summed E-state index contributed by atoms with van der Waals surface area (Å²) in [4.78, 5) is 11.6. The molecular weight excluding hydrogens is 328 g/mol. The average molecular weight is 336 g/mol. The summed E-state index contributed by atoms with van der Waals surface area (Å²) in [5.74, 6) is -11.0. The Kier molecular flexibility index (Phi) is 4.50. The molecule has 1 unspecified atom stereocenters. The lowest BCUT2D eigenvalue weighted by atomic mass is 10.0. The van der Waals surface area contributed by atoms with Crippen molar-refractivity contribution in [3.63, 3.8) is 0 Å². The van der Waals surface area contributed by atoms with Gasteiger partial charge in [0.2, 0.25) is 0 Å². The Morgan fingerprint density at radius 1 is 1.10 bits per heavy atom. The first-order valence-electron chi connectivity index (χ1n) is 5.22. The molecule has 1 aromatic rings. The number of halogens is 7. The molecule has 0 saturated heterocycles. The highest BCUT2D eigenvalue weighted by Gasteiger charge is 2.71. The van der Waals surface area contributed by atoms with Gasteiger partial charge in [0, 0.05) is 18.3 Å². The Labute approximate surface area is 119 Å². The van der Waals surface area contributed by atoms with Gasteiger partial charge in [0.05, 0.1) is 0 Å². The quantitative estimate of drug-likeness (QED) is 0.518. The van der Waals surface area contributed by atoms with Gasteiger partial charge in [-0.2, -0.15) is 26.3 Å². The highest BCUT2D eigenvalue weighted by molar-refractivity contribution is 6.66. The normalized spacial score (nSPS) is 15.5. The van der Waals surface area contributed by atoms with Gasteiger partial charge in [0.25, 0.3) is 0 Å². The summed E-state index contributed by atoms with van der Waals surface area (Å²) < 4.78 is 76.4. The molecule has 0 fully saturated rings. The zero-order chi connectivity index (χ0) is 16.6. The summed E-state index contributed by atoms with van der Waals surface area (Å²) in [6.45, 7) is 0. The first-order chi connectivity index (χ1) is 9.32. The summed E-state index contributed by atoms with van der Waals surface area (Å²) >= 11 is 5.12. The van der Waals surface area contributed by atoms with Gasteiger partial charge in [-0.15, -0.1) is 0 Å². The second-order valence-electron chi connectivity index (χ2n) is 4.05. The number of nitrogens with zero attached hydrogens (tertiary/aromatic N) is 1. The Hall–Kier alpha value is -1.48. The van der Waals surface area contributed by atoms with Crippen LogP contribution in [0.15, 0.2) is 24.3 Å². The average Bonchev–Trinajstić information content (AvgIpc) is 2.36. The van der Waals surface area contributed by atoms with Gasteiger partial charge in [0.1, 0.15) is 0 Å². The van der Waals surface area contributed by atoms with Crippen LogP contribution in [0.4, 0.5) is 36.8 Å². The van der Waals surface area contributed by atoms with Crippen LogP contribution >= 0.6 is 11.6 Å². The van der Waals surface area contributed by atoms with E-state index in [4.69, 9.17) is 16.7 Å². The van der Waals surface area contributed by atoms with Gasteiger partial charge in [-0.3, -0.25) is 4.79 Å². The van der Waals surface area contributed by atoms with Gasteiger partial charge < -0.3 is 10.0 Å². The Morgan fingerprint density at radius 2 is 1.52 bits per heavy atom. The predicted molar refractivity (Wildman–Crippen MR) is 62.1 cm³/mol. The molecule has 1 N–H and O–H groups in total. The number of carbonyl (C=O) groups is 1. The zero-order valence-electron chi connectivity index (χ0n) is 10.3. The lowest BCUT2D eigenvalue weighted by molar-refractivity contribution is -0.390. The van der Waals surface area contributed by atoms with E-state index in [0.29, 0.717) is 12.1 Å². The van der Waals surface area contributed by atoms with Gasteiger partial charge >= 0.3 is 23.3 Å². The van der Waals surface area contributed by atoms with E-state index in [2.05, 4.69) is 0 Å². The Morgan fingerprint density at radius 3 is 1.86 bits per heavy atom. The second-order valence-corrected chi connectivity index (χ2v) is 4.38. The van der Waals surface area contributed by atoms with Crippen molar-refractivity contribution in [1.29, 1.82) is 0 Å². The molecule has 1 amide bonds. The van der Waals surface area contributed by atoms with Crippen molar-refractivity contribution in [3.05, 3.63) is 29.8 Å². The van der Waals surface area contributed by atoms with E-state index in [-0.39, 0.29) is 5.69 Å². The lowest BCUT2D eigenvalue weighted by Crippen LogP contribution is -2.53. The van der Waals surface area contributed by atoms with E-state index in [9.17, 15) is 31.1 Å². The molecule has 1 rings (SSSR count). The van der Waals surface area contributed by atoms with Crippen molar-refractivity contribution in [3.8, 4) is 0 Å². The van der Waals surface area contributed by atoms with Crippen molar-refractivity contribution >= 4 is 22.7 Å². The summed E-state index contributed by atoms with van der Waals surface area (Å²) in [6.07, 6.45) is -6.18. The monoisotopic (exact) mass is 335 g/mol. The van der Waals surface area contributed by atoms with Gasteiger partial charge in [0.15, 0.2) is 0 Å². The van der Waals surface area contributed by atoms with Gasteiger partial charge in [-0.1, -0.05) is 12.1 Å². The number of hydrogen-bond donors (Lipinski definition) is 1. The second kappa shape index (κ2) is 5.38. The third-order valence-corrected chi connectivity index (χ3v) is 2.93. The predicted octanol–water partition coefficient (Wildman–Crippen LogP) is 3.79. The molecule has 1 aromatic carbocycles. The first-order valence-corrected chi connectivity index (χ1v) is 5.59. The van der Waals surface area contributed by atoms with Crippen LogP contribution in [0.3, 0.4) is 0 Å². The maximum Gasteiger partial charge on any atom is 0.455 e. The van der Waals surface area contributed by atoms with Crippen LogP contribution in [-0.2, 0) is 5.92 Å². The molecule has 0 radical (unpaired) electrons. The van der Waals surface area contributed by atoms with Crippen LogP contribution in [0.1, 0.15) is 5.56 Å². The minimum Gasteiger partial charge on any atom is -0.350 e. The molecule has 3 nitrogen and oxygen atoms in total. The molecule has 0 aliphatic heterocycles. The number of hydrogen-bond acceptors (Lipinski definition) is 2. The molecule has 0 saturated carbocycles. The van der Waals surface area contributed by atoms with Crippen molar-refractivity contribution in [2.75, 3.05) is 11.9 Å².